The lowest BCUT2D eigenvalue weighted by molar-refractivity contribution is -0.118. The van der Waals surface area contributed by atoms with Gasteiger partial charge in [-0.25, -0.2) is 4.98 Å². The van der Waals surface area contributed by atoms with Crippen molar-refractivity contribution in [1.29, 1.82) is 0 Å². The molecule has 1 aromatic heterocycles. The highest BCUT2D eigenvalue weighted by molar-refractivity contribution is 5.99. The van der Waals surface area contributed by atoms with Crippen molar-refractivity contribution in [2.24, 2.45) is 5.92 Å². The van der Waals surface area contributed by atoms with Gasteiger partial charge in [-0.2, -0.15) is 0 Å². The molecular weight excluding hydrogens is 450 g/mol. The van der Waals surface area contributed by atoms with E-state index in [2.05, 4.69) is 15.6 Å². The molecule has 2 aliphatic heterocycles. The summed E-state index contributed by atoms with van der Waals surface area (Å²) in [6.45, 7) is 2.58. The number of methoxy groups -OCH3 is 1. The Balaban J connectivity index is 1.14. The average Bonchev–Trinajstić information content (AvgIpc) is 3.24. The summed E-state index contributed by atoms with van der Waals surface area (Å²) in [5.74, 6) is 1.33. The first-order chi connectivity index (χ1) is 17.0. The van der Waals surface area contributed by atoms with Crippen molar-refractivity contribution in [3.05, 3.63) is 52.9 Å². The molecule has 0 spiro atoms. The molecule has 182 valence electrons. The van der Waals surface area contributed by atoms with Crippen LogP contribution in [-0.2, 0) is 16.1 Å². The molecule has 1 saturated heterocycles. The number of aromatic nitrogens is 2. The van der Waals surface area contributed by atoms with Crippen LogP contribution in [0.1, 0.15) is 12.8 Å². The fourth-order valence-corrected chi connectivity index (χ4v) is 4.57. The van der Waals surface area contributed by atoms with Gasteiger partial charge in [-0.05, 0) is 49.2 Å². The van der Waals surface area contributed by atoms with Crippen LogP contribution in [0.4, 0.5) is 11.4 Å². The number of nitrogens with one attached hydrogen (secondary N) is 2. The summed E-state index contributed by atoms with van der Waals surface area (Å²) in [5.41, 5.74) is 2.69. The second-order valence-corrected chi connectivity index (χ2v) is 8.75. The maximum atomic E-state index is 12.6. The Morgan fingerprint density at radius 3 is 2.94 bits per heavy atom. The summed E-state index contributed by atoms with van der Waals surface area (Å²) < 4.78 is 12.4. The van der Waals surface area contributed by atoms with Gasteiger partial charge < -0.3 is 29.6 Å². The summed E-state index contributed by atoms with van der Waals surface area (Å²) in [7, 11) is 1.59. The smallest absolute Gasteiger partial charge is 0.269 e. The number of aryl methyl sites for hydroxylation is 1. The first-order valence-electron chi connectivity index (χ1n) is 11.6. The molecule has 2 amide bonds. The van der Waals surface area contributed by atoms with Crippen molar-refractivity contribution in [2.75, 3.05) is 43.6 Å². The maximum Gasteiger partial charge on any atom is 0.269 e. The lowest BCUT2D eigenvalue weighted by Crippen LogP contribution is -2.29. The second kappa shape index (κ2) is 9.75. The molecule has 5 rings (SSSR count). The van der Waals surface area contributed by atoms with E-state index in [1.54, 1.807) is 28.7 Å². The molecule has 0 aliphatic carbocycles. The van der Waals surface area contributed by atoms with E-state index in [0.717, 1.165) is 23.1 Å². The van der Waals surface area contributed by atoms with Crippen molar-refractivity contribution in [2.45, 2.75) is 19.4 Å². The van der Waals surface area contributed by atoms with Crippen molar-refractivity contribution in [1.82, 2.24) is 14.9 Å². The molecule has 2 N–H and O–H groups in total. The third kappa shape index (κ3) is 4.83. The predicted molar refractivity (Wildman–Crippen MR) is 131 cm³/mol. The van der Waals surface area contributed by atoms with Gasteiger partial charge in [-0.15, -0.1) is 0 Å². The molecule has 0 bridgehead atoms. The summed E-state index contributed by atoms with van der Waals surface area (Å²) in [5, 5.41) is 6.21. The second-order valence-electron chi connectivity index (χ2n) is 8.75. The van der Waals surface area contributed by atoms with E-state index in [4.69, 9.17) is 9.47 Å². The molecule has 35 heavy (non-hydrogen) atoms. The number of hydrogen-bond acceptors (Lipinski definition) is 7. The molecule has 0 saturated carbocycles. The van der Waals surface area contributed by atoms with Crippen LogP contribution in [0.2, 0.25) is 0 Å². The predicted octanol–water partition coefficient (Wildman–Crippen LogP) is 1.77. The van der Waals surface area contributed by atoms with Crippen molar-refractivity contribution in [3.63, 3.8) is 0 Å². The normalized spacial score (nSPS) is 17.3. The van der Waals surface area contributed by atoms with Crippen LogP contribution in [0.15, 0.2) is 47.4 Å². The lowest BCUT2D eigenvalue weighted by atomic mass is 10.1. The quantitative estimate of drug-likeness (QED) is 0.475. The highest BCUT2D eigenvalue weighted by atomic mass is 16.5. The van der Waals surface area contributed by atoms with Gasteiger partial charge in [0.05, 0.1) is 30.0 Å². The highest BCUT2D eigenvalue weighted by Crippen LogP contribution is 2.34. The molecule has 10 nitrogen and oxygen atoms in total. The number of amides is 2. The molecule has 0 unspecified atom stereocenters. The van der Waals surface area contributed by atoms with Crippen LogP contribution < -0.4 is 30.6 Å². The van der Waals surface area contributed by atoms with Gasteiger partial charge in [-0.3, -0.25) is 14.4 Å². The Bertz CT molecular complexity index is 1340. The summed E-state index contributed by atoms with van der Waals surface area (Å²) in [6, 6.07) is 10.9. The highest BCUT2D eigenvalue weighted by Gasteiger charge is 2.31. The summed E-state index contributed by atoms with van der Waals surface area (Å²) >= 11 is 0. The van der Waals surface area contributed by atoms with Crippen LogP contribution in [0.3, 0.4) is 0 Å². The van der Waals surface area contributed by atoms with Gasteiger partial charge in [0, 0.05) is 37.8 Å². The number of rotatable bonds is 8. The molecule has 3 aromatic rings. The zero-order valence-corrected chi connectivity index (χ0v) is 19.5. The number of benzene rings is 2. The minimum atomic E-state index is -0.203. The third-order valence-electron chi connectivity index (χ3n) is 6.33. The molecular formula is C25H27N5O5. The Labute approximate surface area is 201 Å². The van der Waals surface area contributed by atoms with E-state index in [0.29, 0.717) is 49.8 Å². The number of fused-ring (bicyclic) bond motifs is 2. The van der Waals surface area contributed by atoms with Gasteiger partial charge in [0.2, 0.25) is 5.91 Å². The monoisotopic (exact) mass is 477 g/mol. The van der Waals surface area contributed by atoms with Crippen molar-refractivity contribution >= 4 is 34.2 Å². The van der Waals surface area contributed by atoms with Crippen molar-refractivity contribution in [3.8, 4) is 11.5 Å². The van der Waals surface area contributed by atoms with Crippen LogP contribution in [0, 0.1) is 5.92 Å². The van der Waals surface area contributed by atoms with Crippen LogP contribution in [-0.4, -0.2) is 54.7 Å². The number of nitrogens with zero attached hydrogens (tertiary/aromatic N) is 3. The van der Waals surface area contributed by atoms with Gasteiger partial charge in [0.1, 0.15) is 11.5 Å². The molecule has 2 aromatic carbocycles. The molecule has 0 radical (unpaired) electrons. The number of hydrogen-bond donors (Lipinski definition) is 2. The van der Waals surface area contributed by atoms with Crippen LogP contribution in [0.25, 0.3) is 11.0 Å². The zero-order valence-electron chi connectivity index (χ0n) is 19.5. The van der Waals surface area contributed by atoms with Gasteiger partial charge >= 0.3 is 0 Å². The van der Waals surface area contributed by atoms with Crippen LogP contribution >= 0.6 is 0 Å². The van der Waals surface area contributed by atoms with E-state index >= 15 is 0 Å². The van der Waals surface area contributed by atoms with E-state index < -0.39 is 0 Å². The molecule has 3 heterocycles. The molecule has 1 fully saturated rings. The standard InChI is InChI=1S/C25H27N5O5/c1-34-18-4-5-19-21(11-18)29(25(33)13-27-19)8-2-7-26-12-16-9-24(32)30(14-16)17-3-6-22-20(10-17)28-23(31)15-35-22/h3-6,10-11,13,16,26H,2,7-9,12,14-15H2,1H3,(H,28,31)/t16-/m1/s1. The lowest BCUT2D eigenvalue weighted by Gasteiger charge is -2.22. The number of ether oxygens (including phenoxy) is 2. The first kappa shape index (κ1) is 22.9. The Morgan fingerprint density at radius 1 is 1.20 bits per heavy atom. The number of carbonyl (C=O) groups is 2. The first-order valence-corrected chi connectivity index (χ1v) is 11.6. The average molecular weight is 478 g/mol. The van der Waals surface area contributed by atoms with E-state index in [9.17, 15) is 14.4 Å². The van der Waals surface area contributed by atoms with E-state index in [-0.39, 0.29) is 29.9 Å². The summed E-state index contributed by atoms with van der Waals surface area (Å²) in [6.07, 6.45) is 2.56. The van der Waals surface area contributed by atoms with Crippen molar-refractivity contribution < 1.29 is 19.1 Å². The molecule has 10 heteroatoms. The van der Waals surface area contributed by atoms with Crippen LogP contribution in [0.5, 0.6) is 11.5 Å². The SMILES string of the molecule is COc1ccc2ncc(=O)n(CCCNC[C@H]3CC(=O)N(c4ccc5c(c4)NC(=O)CO5)C3)c2c1. The minimum Gasteiger partial charge on any atom is -0.497 e. The Kier molecular flexibility index (Phi) is 6.37. The maximum absolute atomic E-state index is 12.6. The fraction of sp³-hybridized carbons (Fsp3) is 0.360. The van der Waals surface area contributed by atoms with E-state index in [1.165, 1.54) is 6.20 Å². The van der Waals surface area contributed by atoms with Gasteiger partial charge in [0.25, 0.3) is 11.5 Å². The zero-order chi connectivity index (χ0) is 24.4. The topological polar surface area (TPSA) is 115 Å². The Morgan fingerprint density at radius 2 is 2.09 bits per heavy atom. The van der Waals surface area contributed by atoms with Gasteiger partial charge in [0.15, 0.2) is 6.61 Å². The Hall–Kier alpha value is -3.92. The fourth-order valence-electron chi connectivity index (χ4n) is 4.57. The molecule has 1 atom stereocenters. The largest absolute Gasteiger partial charge is 0.497 e. The third-order valence-corrected chi connectivity index (χ3v) is 6.33. The molecule has 2 aliphatic rings. The summed E-state index contributed by atoms with van der Waals surface area (Å²) in [4.78, 5) is 42.6. The van der Waals surface area contributed by atoms with E-state index in [1.807, 2.05) is 24.3 Å². The van der Waals surface area contributed by atoms with Gasteiger partial charge in [-0.1, -0.05) is 0 Å². The number of anilines is 2. The number of carbonyl (C=O) groups excluding carboxylic acids is 2. The minimum absolute atomic E-state index is 0.00293.